The Kier molecular flexibility index (Phi) is 2.09. The topological polar surface area (TPSA) is 38.0 Å². The van der Waals surface area contributed by atoms with Gasteiger partial charge in [0.25, 0.3) is 0 Å². The molecule has 0 aliphatic heterocycles. The van der Waals surface area contributed by atoms with E-state index in [0.717, 1.165) is 12.5 Å². The van der Waals surface area contributed by atoms with Crippen molar-refractivity contribution >= 4 is 11.4 Å². The van der Waals surface area contributed by atoms with Crippen LogP contribution in [0.5, 0.6) is 0 Å². The lowest BCUT2D eigenvalue weighted by molar-refractivity contribution is 0.465. The quantitative estimate of drug-likeness (QED) is 0.765. The first-order valence-corrected chi connectivity index (χ1v) is 5.99. The van der Waals surface area contributed by atoms with E-state index in [9.17, 15) is 4.39 Å². The maximum Gasteiger partial charge on any atom is 0.148 e. The molecule has 0 spiro atoms. The Labute approximate surface area is 95.0 Å². The van der Waals surface area contributed by atoms with E-state index in [1.165, 1.54) is 31.7 Å². The van der Waals surface area contributed by atoms with Gasteiger partial charge in [0.2, 0.25) is 0 Å². The summed E-state index contributed by atoms with van der Waals surface area (Å²) >= 11 is 0. The molecule has 16 heavy (non-hydrogen) atoms. The van der Waals surface area contributed by atoms with Crippen molar-refractivity contribution in [3.8, 4) is 0 Å². The maximum atomic E-state index is 13.5. The van der Waals surface area contributed by atoms with E-state index < -0.39 is 0 Å². The Morgan fingerprint density at radius 3 is 2.69 bits per heavy atom. The van der Waals surface area contributed by atoms with E-state index in [2.05, 4.69) is 5.32 Å². The molecule has 0 atom stereocenters. The molecule has 0 amide bonds. The summed E-state index contributed by atoms with van der Waals surface area (Å²) < 4.78 is 13.5. The van der Waals surface area contributed by atoms with E-state index in [-0.39, 0.29) is 5.82 Å². The SMILES string of the molecule is Nc1ccc(NCC2(C3CC3)CC2)c(F)c1. The second-order valence-electron chi connectivity index (χ2n) is 5.23. The summed E-state index contributed by atoms with van der Waals surface area (Å²) in [4.78, 5) is 0. The number of anilines is 2. The van der Waals surface area contributed by atoms with Gasteiger partial charge in [0, 0.05) is 12.2 Å². The standard InChI is InChI=1S/C13H17FN2/c14-11-7-10(15)3-4-12(11)16-8-13(5-6-13)9-1-2-9/h3-4,7,9,16H,1-2,5-6,8,15H2. The molecule has 2 aliphatic rings. The molecule has 0 heterocycles. The summed E-state index contributed by atoms with van der Waals surface area (Å²) in [7, 11) is 0. The fourth-order valence-electron chi connectivity index (χ4n) is 2.53. The second kappa shape index (κ2) is 3.37. The van der Waals surface area contributed by atoms with Gasteiger partial charge < -0.3 is 11.1 Å². The molecule has 0 aromatic heterocycles. The largest absolute Gasteiger partial charge is 0.399 e. The van der Waals surface area contributed by atoms with E-state index >= 15 is 0 Å². The molecular formula is C13H17FN2. The van der Waals surface area contributed by atoms with Crippen molar-refractivity contribution in [3.63, 3.8) is 0 Å². The molecule has 0 radical (unpaired) electrons. The summed E-state index contributed by atoms with van der Waals surface area (Å²) in [6.45, 7) is 0.915. The first kappa shape index (κ1) is 9.94. The molecule has 1 aromatic carbocycles. The molecule has 2 fully saturated rings. The summed E-state index contributed by atoms with van der Waals surface area (Å²) in [6.07, 6.45) is 5.35. The molecule has 3 heteroatoms. The Bertz CT molecular complexity index is 408. The number of hydrogen-bond donors (Lipinski definition) is 2. The molecule has 86 valence electrons. The number of nitrogen functional groups attached to an aromatic ring is 1. The number of hydrogen-bond acceptors (Lipinski definition) is 2. The van der Waals surface area contributed by atoms with Crippen LogP contribution in [0.4, 0.5) is 15.8 Å². The minimum Gasteiger partial charge on any atom is -0.399 e. The van der Waals surface area contributed by atoms with Gasteiger partial charge >= 0.3 is 0 Å². The van der Waals surface area contributed by atoms with Crippen molar-refractivity contribution in [1.82, 2.24) is 0 Å². The third-order valence-electron chi connectivity index (χ3n) is 3.96. The maximum absolute atomic E-state index is 13.5. The van der Waals surface area contributed by atoms with E-state index in [1.54, 1.807) is 12.1 Å². The number of benzene rings is 1. The van der Waals surface area contributed by atoms with Crippen LogP contribution in [-0.4, -0.2) is 6.54 Å². The third kappa shape index (κ3) is 1.75. The first-order valence-electron chi connectivity index (χ1n) is 5.99. The van der Waals surface area contributed by atoms with E-state index in [0.29, 0.717) is 16.8 Å². The smallest absolute Gasteiger partial charge is 0.148 e. The monoisotopic (exact) mass is 220 g/mol. The number of halogens is 1. The highest BCUT2D eigenvalue weighted by molar-refractivity contribution is 5.52. The van der Waals surface area contributed by atoms with Crippen molar-refractivity contribution in [3.05, 3.63) is 24.0 Å². The Morgan fingerprint density at radius 1 is 1.38 bits per heavy atom. The lowest BCUT2D eigenvalue weighted by Gasteiger charge is -2.16. The van der Waals surface area contributed by atoms with Crippen LogP contribution < -0.4 is 11.1 Å². The first-order chi connectivity index (χ1) is 7.70. The van der Waals surface area contributed by atoms with Crippen molar-refractivity contribution in [1.29, 1.82) is 0 Å². The zero-order chi connectivity index (χ0) is 11.2. The van der Waals surface area contributed by atoms with Crippen LogP contribution in [-0.2, 0) is 0 Å². The van der Waals surface area contributed by atoms with Crippen molar-refractivity contribution in [2.45, 2.75) is 25.7 Å². The lowest BCUT2D eigenvalue weighted by Crippen LogP contribution is -2.17. The second-order valence-corrected chi connectivity index (χ2v) is 5.23. The zero-order valence-electron chi connectivity index (χ0n) is 9.30. The van der Waals surface area contributed by atoms with Gasteiger partial charge in [-0.2, -0.15) is 0 Å². The van der Waals surface area contributed by atoms with E-state index in [1.807, 2.05) is 0 Å². The van der Waals surface area contributed by atoms with Gasteiger partial charge in [-0.05, 0) is 55.2 Å². The molecule has 0 saturated heterocycles. The molecule has 2 saturated carbocycles. The fraction of sp³-hybridized carbons (Fsp3) is 0.538. The van der Waals surface area contributed by atoms with Crippen LogP contribution in [0, 0.1) is 17.2 Å². The van der Waals surface area contributed by atoms with Gasteiger partial charge in [-0.25, -0.2) is 4.39 Å². The highest BCUT2D eigenvalue weighted by Crippen LogP contribution is 2.61. The highest BCUT2D eigenvalue weighted by atomic mass is 19.1. The molecule has 0 unspecified atom stereocenters. The van der Waals surface area contributed by atoms with Gasteiger partial charge in [0.1, 0.15) is 5.82 Å². The Hall–Kier alpha value is -1.25. The van der Waals surface area contributed by atoms with Gasteiger partial charge in [-0.1, -0.05) is 0 Å². The molecule has 0 bridgehead atoms. The Morgan fingerprint density at radius 2 is 2.12 bits per heavy atom. The van der Waals surface area contributed by atoms with Crippen LogP contribution in [0.15, 0.2) is 18.2 Å². The summed E-state index contributed by atoms with van der Waals surface area (Å²) in [5.41, 5.74) is 7.07. The fourth-order valence-corrected chi connectivity index (χ4v) is 2.53. The van der Waals surface area contributed by atoms with Crippen LogP contribution in [0.2, 0.25) is 0 Å². The third-order valence-corrected chi connectivity index (χ3v) is 3.96. The van der Waals surface area contributed by atoms with Crippen molar-refractivity contribution in [2.24, 2.45) is 11.3 Å². The summed E-state index contributed by atoms with van der Waals surface area (Å²) in [6, 6.07) is 4.84. The lowest BCUT2D eigenvalue weighted by atomic mass is 10.0. The average molecular weight is 220 g/mol. The van der Waals surface area contributed by atoms with Gasteiger partial charge in [0.05, 0.1) is 5.69 Å². The van der Waals surface area contributed by atoms with Crippen LogP contribution in [0.25, 0.3) is 0 Å². The predicted octanol–water partition coefficient (Wildman–Crippen LogP) is 3.01. The number of rotatable bonds is 4. The summed E-state index contributed by atoms with van der Waals surface area (Å²) in [5, 5.41) is 3.23. The molecule has 3 rings (SSSR count). The highest BCUT2D eigenvalue weighted by Gasteiger charge is 2.53. The summed E-state index contributed by atoms with van der Waals surface area (Å²) in [5.74, 6) is 0.656. The average Bonchev–Trinajstić information content (AvgIpc) is 3.11. The van der Waals surface area contributed by atoms with Crippen molar-refractivity contribution < 1.29 is 4.39 Å². The van der Waals surface area contributed by atoms with Gasteiger partial charge in [-0.15, -0.1) is 0 Å². The molecule has 1 aromatic rings. The van der Waals surface area contributed by atoms with Gasteiger partial charge in [0.15, 0.2) is 0 Å². The zero-order valence-corrected chi connectivity index (χ0v) is 9.30. The van der Waals surface area contributed by atoms with Crippen LogP contribution in [0.3, 0.4) is 0 Å². The minimum absolute atomic E-state index is 0.244. The van der Waals surface area contributed by atoms with Crippen LogP contribution >= 0.6 is 0 Å². The molecule has 2 aliphatic carbocycles. The van der Waals surface area contributed by atoms with Gasteiger partial charge in [-0.3, -0.25) is 0 Å². The molecular weight excluding hydrogens is 203 g/mol. The van der Waals surface area contributed by atoms with E-state index in [4.69, 9.17) is 5.73 Å². The molecule has 2 nitrogen and oxygen atoms in total. The number of nitrogens with two attached hydrogens (primary N) is 1. The van der Waals surface area contributed by atoms with Crippen molar-refractivity contribution in [2.75, 3.05) is 17.6 Å². The minimum atomic E-state index is -0.244. The Balaban J connectivity index is 1.66. The normalized spacial score (nSPS) is 21.8. The van der Waals surface area contributed by atoms with Crippen LogP contribution in [0.1, 0.15) is 25.7 Å². The molecule has 3 N–H and O–H groups in total. The number of nitrogens with one attached hydrogen (secondary N) is 1. The predicted molar refractivity (Wildman–Crippen MR) is 63.7 cm³/mol.